The molecule has 7 aromatic carbocycles. The largest absolute Gasteiger partial charge is 0.456 e. The molecule has 200 valence electrons. The first-order chi connectivity index (χ1) is 21.3. The topological polar surface area (TPSA) is 38.9 Å². The molecule has 0 aliphatic rings. The molecule has 43 heavy (non-hydrogen) atoms. The fraction of sp³-hybridized carbons (Fsp3) is 0. The molecule has 0 fully saturated rings. The lowest BCUT2D eigenvalue weighted by molar-refractivity contribution is 0.669. The summed E-state index contributed by atoms with van der Waals surface area (Å²) in [4.78, 5) is 10.6. The van der Waals surface area contributed by atoms with Crippen molar-refractivity contribution in [1.29, 1.82) is 0 Å². The molecule has 0 saturated carbocycles. The van der Waals surface area contributed by atoms with Crippen LogP contribution in [0.25, 0.3) is 88.2 Å². The third-order valence-electron chi connectivity index (χ3n) is 8.46. The average Bonchev–Trinajstić information content (AvgIpc) is 3.45. The highest BCUT2D eigenvalue weighted by atomic mass is 16.3. The fourth-order valence-corrected chi connectivity index (χ4v) is 6.41. The molecule has 0 N–H and O–H groups in total. The Morgan fingerprint density at radius 1 is 0.372 bits per heavy atom. The molecule has 9 aromatic rings. The Hall–Kier alpha value is -5.80. The van der Waals surface area contributed by atoms with Crippen molar-refractivity contribution in [3.63, 3.8) is 0 Å². The number of nitrogens with zero attached hydrogens (tertiary/aromatic N) is 2. The van der Waals surface area contributed by atoms with Crippen LogP contribution in [0.5, 0.6) is 0 Å². The lowest BCUT2D eigenvalue weighted by Gasteiger charge is -2.15. The maximum absolute atomic E-state index is 6.13. The maximum Gasteiger partial charge on any atom is 0.161 e. The summed E-state index contributed by atoms with van der Waals surface area (Å²) >= 11 is 0. The number of hydrogen-bond acceptors (Lipinski definition) is 3. The molecule has 9 rings (SSSR count). The van der Waals surface area contributed by atoms with E-state index in [4.69, 9.17) is 14.4 Å². The molecule has 0 atom stereocenters. The van der Waals surface area contributed by atoms with Crippen LogP contribution in [0, 0.1) is 0 Å². The highest BCUT2D eigenvalue weighted by Crippen LogP contribution is 2.40. The lowest BCUT2D eigenvalue weighted by Crippen LogP contribution is -1.97. The van der Waals surface area contributed by atoms with E-state index in [9.17, 15) is 0 Å². The quantitative estimate of drug-likeness (QED) is 0.163. The Bertz CT molecular complexity index is 2510. The molecule has 0 amide bonds. The number of rotatable bonds is 3. The van der Waals surface area contributed by atoms with Gasteiger partial charge in [0.25, 0.3) is 0 Å². The van der Waals surface area contributed by atoms with Crippen LogP contribution in [0.4, 0.5) is 0 Å². The molecule has 2 aromatic heterocycles. The molecule has 3 heteroatoms. The van der Waals surface area contributed by atoms with Crippen LogP contribution < -0.4 is 0 Å². The van der Waals surface area contributed by atoms with Crippen molar-refractivity contribution in [2.24, 2.45) is 0 Å². The Morgan fingerprint density at radius 3 is 1.91 bits per heavy atom. The van der Waals surface area contributed by atoms with E-state index in [1.165, 1.54) is 21.5 Å². The Labute approximate surface area is 247 Å². The summed E-state index contributed by atoms with van der Waals surface area (Å²) < 4.78 is 6.13. The van der Waals surface area contributed by atoms with Gasteiger partial charge >= 0.3 is 0 Å². The number of fused-ring (bicyclic) bond motifs is 7. The number of hydrogen-bond donors (Lipinski definition) is 0. The summed E-state index contributed by atoms with van der Waals surface area (Å²) in [6.45, 7) is 0. The monoisotopic (exact) mass is 548 g/mol. The first-order valence-electron chi connectivity index (χ1n) is 14.5. The molecule has 0 unspecified atom stereocenters. The summed E-state index contributed by atoms with van der Waals surface area (Å²) in [6, 6.07) is 50.8. The van der Waals surface area contributed by atoms with Crippen molar-refractivity contribution in [2.45, 2.75) is 0 Å². The zero-order valence-corrected chi connectivity index (χ0v) is 23.2. The smallest absolute Gasteiger partial charge is 0.161 e. The Balaban J connectivity index is 1.37. The van der Waals surface area contributed by atoms with E-state index in [2.05, 4.69) is 121 Å². The molecule has 0 radical (unpaired) electrons. The van der Waals surface area contributed by atoms with Crippen LogP contribution in [-0.4, -0.2) is 9.97 Å². The van der Waals surface area contributed by atoms with Crippen molar-refractivity contribution in [3.8, 4) is 33.9 Å². The van der Waals surface area contributed by atoms with Gasteiger partial charge in [0.05, 0.1) is 11.4 Å². The van der Waals surface area contributed by atoms with Crippen molar-refractivity contribution in [3.05, 3.63) is 146 Å². The van der Waals surface area contributed by atoms with Crippen LogP contribution in [0.3, 0.4) is 0 Å². The van der Waals surface area contributed by atoms with Crippen molar-refractivity contribution in [2.75, 3.05) is 0 Å². The second kappa shape index (κ2) is 9.37. The van der Waals surface area contributed by atoms with Gasteiger partial charge in [-0.25, -0.2) is 9.97 Å². The van der Waals surface area contributed by atoms with Crippen LogP contribution >= 0.6 is 0 Å². The molecular weight excluding hydrogens is 524 g/mol. The maximum atomic E-state index is 6.13. The van der Waals surface area contributed by atoms with Gasteiger partial charge in [-0.2, -0.15) is 0 Å². The van der Waals surface area contributed by atoms with Gasteiger partial charge in [0.15, 0.2) is 5.82 Å². The van der Waals surface area contributed by atoms with Gasteiger partial charge in [0.2, 0.25) is 0 Å². The minimum absolute atomic E-state index is 0.714. The summed E-state index contributed by atoms with van der Waals surface area (Å²) in [5, 5.41) is 9.28. The Kier molecular flexibility index (Phi) is 5.20. The summed E-state index contributed by atoms with van der Waals surface area (Å²) in [6.07, 6.45) is 0. The van der Waals surface area contributed by atoms with E-state index in [-0.39, 0.29) is 0 Å². The zero-order chi connectivity index (χ0) is 28.3. The molecule has 0 aliphatic carbocycles. The predicted molar refractivity (Wildman–Crippen MR) is 178 cm³/mol. The first-order valence-corrected chi connectivity index (χ1v) is 14.5. The predicted octanol–water partition coefficient (Wildman–Crippen LogP) is 10.8. The van der Waals surface area contributed by atoms with Gasteiger partial charge in [-0.3, -0.25) is 0 Å². The second-order valence-electron chi connectivity index (χ2n) is 11.0. The molecule has 0 spiro atoms. The van der Waals surface area contributed by atoms with Crippen LogP contribution in [-0.2, 0) is 0 Å². The van der Waals surface area contributed by atoms with Gasteiger partial charge < -0.3 is 4.42 Å². The summed E-state index contributed by atoms with van der Waals surface area (Å²) in [7, 11) is 0. The zero-order valence-electron chi connectivity index (χ0n) is 23.2. The van der Waals surface area contributed by atoms with Crippen LogP contribution in [0.15, 0.2) is 150 Å². The van der Waals surface area contributed by atoms with Crippen LogP contribution in [0.1, 0.15) is 0 Å². The average molecular weight is 549 g/mol. The van der Waals surface area contributed by atoms with Crippen molar-refractivity contribution in [1.82, 2.24) is 9.97 Å². The molecule has 2 heterocycles. The minimum atomic E-state index is 0.714. The fourth-order valence-electron chi connectivity index (χ4n) is 6.41. The van der Waals surface area contributed by atoms with E-state index in [0.29, 0.717) is 5.82 Å². The van der Waals surface area contributed by atoms with E-state index >= 15 is 0 Å². The van der Waals surface area contributed by atoms with Crippen molar-refractivity contribution >= 4 is 54.3 Å². The SMILES string of the molecule is c1ccc(-c2cc(-c3ccc4oc5ccccc5c4c3)nc(-c3c4ccccc4cc4c3ccc3ccccc34)n2)cc1. The second-order valence-corrected chi connectivity index (χ2v) is 11.0. The summed E-state index contributed by atoms with van der Waals surface area (Å²) in [5.41, 5.74) is 6.64. The highest BCUT2D eigenvalue weighted by Gasteiger charge is 2.18. The van der Waals surface area contributed by atoms with Gasteiger partial charge in [0.1, 0.15) is 11.2 Å². The van der Waals surface area contributed by atoms with Gasteiger partial charge in [-0.1, -0.05) is 109 Å². The van der Waals surface area contributed by atoms with E-state index in [0.717, 1.165) is 60.8 Å². The minimum Gasteiger partial charge on any atom is -0.456 e. The first kappa shape index (κ1) is 23.9. The van der Waals surface area contributed by atoms with Crippen LogP contribution in [0.2, 0.25) is 0 Å². The number of furan rings is 1. The standard InChI is InChI=1S/C40H24N2O/c1-2-11-26(12-3-1)35-24-36(28-19-21-38-34(23-28)31-16-8-9-17-37(31)43-38)42-40(41-35)39-30-15-7-5-13-27(30)22-33-29-14-6-4-10-25(29)18-20-32(33)39/h1-24H. The Morgan fingerprint density at radius 2 is 1.05 bits per heavy atom. The van der Waals surface area contributed by atoms with E-state index in [1.54, 1.807) is 0 Å². The third-order valence-corrected chi connectivity index (χ3v) is 8.46. The summed E-state index contributed by atoms with van der Waals surface area (Å²) in [5.74, 6) is 0.714. The molecule has 0 bridgehead atoms. The molecular formula is C40H24N2O. The van der Waals surface area contributed by atoms with E-state index < -0.39 is 0 Å². The highest BCUT2D eigenvalue weighted by molar-refractivity contribution is 6.19. The van der Waals surface area contributed by atoms with E-state index in [1.807, 2.05) is 24.3 Å². The van der Waals surface area contributed by atoms with Gasteiger partial charge in [0, 0.05) is 27.5 Å². The van der Waals surface area contributed by atoms with Gasteiger partial charge in [-0.05, 0) is 68.7 Å². The lowest BCUT2D eigenvalue weighted by atomic mass is 9.92. The molecule has 0 saturated heterocycles. The number of aromatic nitrogens is 2. The number of benzene rings is 7. The third kappa shape index (κ3) is 3.83. The van der Waals surface area contributed by atoms with Gasteiger partial charge in [-0.15, -0.1) is 0 Å². The molecule has 0 aliphatic heterocycles. The number of para-hydroxylation sites is 1. The van der Waals surface area contributed by atoms with Crippen molar-refractivity contribution < 1.29 is 4.42 Å². The normalized spacial score (nSPS) is 11.7. The molecule has 3 nitrogen and oxygen atoms in total.